The minimum Gasteiger partial charge on any atom is -0.494 e. The summed E-state index contributed by atoms with van der Waals surface area (Å²) in [5.41, 5.74) is 2.29. The van der Waals surface area contributed by atoms with Crippen molar-refractivity contribution in [2.45, 2.75) is 102 Å². The van der Waals surface area contributed by atoms with Crippen LogP contribution in [0.15, 0.2) is 77.7 Å². The van der Waals surface area contributed by atoms with Crippen LogP contribution in [0.1, 0.15) is 105 Å². The van der Waals surface area contributed by atoms with Crippen molar-refractivity contribution in [1.82, 2.24) is 0 Å². The Morgan fingerprint density at radius 3 is 1.78 bits per heavy atom. The first-order chi connectivity index (χ1) is 21.7. The maximum atomic E-state index is 13.4. The van der Waals surface area contributed by atoms with Crippen molar-refractivity contribution >= 4 is 24.0 Å². The first kappa shape index (κ1) is 36.0. The Kier molecular flexibility index (Phi) is 15.3. The second kappa shape index (κ2) is 19.1. The van der Waals surface area contributed by atoms with Crippen LogP contribution in [0, 0.1) is 0 Å². The lowest BCUT2D eigenvalue weighted by molar-refractivity contribution is -0.206. The molecule has 0 aliphatic rings. The van der Waals surface area contributed by atoms with Gasteiger partial charge < -0.3 is 13.7 Å². The molecule has 0 amide bonds. The monoisotopic (exact) mass is 644 g/mol. The molecule has 3 rings (SSSR count). The van der Waals surface area contributed by atoms with Crippen LogP contribution < -0.4 is 4.74 Å². The van der Waals surface area contributed by atoms with E-state index in [9.17, 15) is 22.8 Å². The summed E-state index contributed by atoms with van der Waals surface area (Å²) in [6.07, 6.45) is 2.98. The molecule has 9 heteroatoms. The normalized spacial score (nSPS) is 12.0. The molecule has 5 nitrogen and oxygen atoms in total. The summed E-state index contributed by atoms with van der Waals surface area (Å²) in [7, 11) is 0. The van der Waals surface area contributed by atoms with E-state index < -0.39 is 24.2 Å². The topological polar surface area (TPSA) is 61.8 Å². The van der Waals surface area contributed by atoms with Crippen molar-refractivity contribution in [2.24, 2.45) is 0 Å². The third-order valence-corrected chi connectivity index (χ3v) is 8.01. The van der Waals surface area contributed by atoms with Crippen LogP contribution in [-0.2, 0) is 8.92 Å². The average Bonchev–Trinajstić information content (AvgIpc) is 3.04. The number of hydrogen-bond donors (Lipinski definition) is 0. The fourth-order valence-corrected chi connectivity index (χ4v) is 5.15. The van der Waals surface area contributed by atoms with Gasteiger partial charge in [-0.05, 0) is 78.9 Å². The van der Waals surface area contributed by atoms with Crippen LogP contribution in [0.5, 0.6) is 5.75 Å². The van der Waals surface area contributed by atoms with E-state index in [4.69, 9.17) is 13.7 Å². The van der Waals surface area contributed by atoms with E-state index in [2.05, 4.69) is 6.92 Å². The van der Waals surface area contributed by atoms with E-state index in [0.29, 0.717) is 29.9 Å². The van der Waals surface area contributed by atoms with E-state index >= 15 is 0 Å². The standard InChI is InChI=1S/C36H43F3O5S/c1-3-5-7-9-10-12-26-42-31-22-18-28(19-23-31)27-14-16-30(17-15-27)35(41)44-45-32-24-20-29(21-25-32)34(40)43-33(36(37,38)39)13-11-8-6-4-2/h14-25,33H,3-13,26H2,1-2H3. The molecule has 45 heavy (non-hydrogen) atoms. The smallest absolute Gasteiger partial charge is 0.425 e. The number of halogens is 3. The highest BCUT2D eigenvalue weighted by molar-refractivity contribution is 7.95. The highest BCUT2D eigenvalue weighted by atomic mass is 32.2. The van der Waals surface area contributed by atoms with Gasteiger partial charge in [0.1, 0.15) is 5.75 Å². The molecule has 0 bridgehead atoms. The number of ether oxygens (including phenoxy) is 2. The third kappa shape index (κ3) is 12.8. The molecule has 0 N–H and O–H groups in total. The number of unbranched alkanes of at least 4 members (excludes halogenated alkanes) is 8. The lowest BCUT2D eigenvalue weighted by Crippen LogP contribution is -2.33. The summed E-state index contributed by atoms with van der Waals surface area (Å²) < 4.78 is 56.0. The summed E-state index contributed by atoms with van der Waals surface area (Å²) in [4.78, 5) is 25.5. The Morgan fingerprint density at radius 2 is 1.18 bits per heavy atom. The SMILES string of the molecule is CCCCCCCCOc1ccc(-c2ccc(C(=O)OSc3ccc(C(=O)OC(CCCCCC)C(F)(F)F)cc3)cc2)cc1. The van der Waals surface area contributed by atoms with E-state index in [1.165, 1.54) is 56.4 Å². The molecule has 0 radical (unpaired) electrons. The van der Waals surface area contributed by atoms with Crippen molar-refractivity contribution in [2.75, 3.05) is 6.61 Å². The predicted octanol–water partition coefficient (Wildman–Crippen LogP) is 11.0. The predicted molar refractivity (Wildman–Crippen MR) is 172 cm³/mol. The molecule has 0 aromatic heterocycles. The number of rotatable bonds is 19. The first-order valence-corrected chi connectivity index (χ1v) is 16.5. The number of benzene rings is 3. The molecule has 0 fully saturated rings. The zero-order chi connectivity index (χ0) is 32.5. The van der Waals surface area contributed by atoms with Gasteiger partial charge in [0.25, 0.3) is 0 Å². The van der Waals surface area contributed by atoms with Crippen LogP contribution in [0.4, 0.5) is 13.2 Å². The number of esters is 1. The molecule has 3 aromatic rings. The lowest BCUT2D eigenvalue weighted by atomic mass is 10.0. The van der Waals surface area contributed by atoms with Gasteiger partial charge in [0.2, 0.25) is 0 Å². The molecular formula is C36H43F3O5S. The molecule has 1 unspecified atom stereocenters. The number of alkyl halides is 3. The Bertz CT molecular complexity index is 1290. The van der Waals surface area contributed by atoms with E-state index in [1.807, 2.05) is 43.3 Å². The lowest BCUT2D eigenvalue weighted by Gasteiger charge is -2.20. The summed E-state index contributed by atoms with van der Waals surface area (Å²) in [6, 6.07) is 20.6. The quantitative estimate of drug-likeness (QED) is 0.0735. The van der Waals surface area contributed by atoms with E-state index in [1.54, 1.807) is 12.1 Å². The van der Waals surface area contributed by atoms with Crippen LogP contribution in [0.3, 0.4) is 0 Å². The van der Waals surface area contributed by atoms with Gasteiger partial charge in [-0.3, -0.25) is 0 Å². The second-order valence-corrected chi connectivity index (χ2v) is 11.8. The van der Waals surface area contributed by atoms with E-state index in [0.717, 1.165) is 48.2 Å². The molecule has 3 aromatic carbocycles. The summed E-state index contributed by atoms with van der Waals surface area (Å²) in [6.45, 7) is 4.89. The Balaban J connectivity index is 1.45. The van der Waals surface area contributed by atoms with Gasteiger partial charge in [-0.2, -0.15) is 13.2 Å². The van der Waals surface area contributed by atoms with Gasteiger partial charge in [0.15, 0.2) is 6.10 Å². The number of carbonyl (C=O) groups is 2. The largest absolute Gasteiger partial charge is 0.494 e. The maximum Gasteiger partial charge on any atom is 0.425 e. The minimum absolute atomic E-state index is 0.0125. The highest BCUT2D eigenvalue weighted by Crippen LogP contribution is 2.29. The molecule has 244 valence electrons. The molecule has 0 saturated carbocycles. The van der Waals surface area contributed by atoms with Crippen molar-refractivity contribution < 1.29 is 36.4 Å². The molecule has 1 atom stereocenters. The van der Waals surface area contributed by atoms with Gasteiger partial charge in [0, 0.05) is 4.90 Å². The van der Waals surface area contributed by atoms with Crippen molar-refractivity contribution in [1.29, 1.82) is 0 Å². The van der Waals surface area contributed by atoms with Crippen LogP contribution >= 0.6 is 12.0 Å². The molecule has 0 heterocycles. The van der Waals surface area contributed by atoms with Crippen LogP contribution in [0.2, 0.25) is 0 Å². The van der Waals surface area contributed by atoms with Gasteiger partial charge in [-0.1, -0.05) is 89.5 Å². The Labute approximate surface area is 269 Å². The third-order valence-electron chi connectivity index (χ3n) is 7.31. The zero-order valence-corrected chi connectivity index (χ0v) is 26.9. The zero-order valence-electron chi connectivity index (χ0n) is 26.1. The minimum atomic E-state index is -4.63. The fraction of sp³-hybridized carbons (Fsp3) is 0.444. The molecule has 0 spiro atoms. The van der Waals surface area contributed by atoms with Crippen LogP contribution in [0.25, 0.3) is 11.1 Å². The van der Waals surface area contributed by atoms with Crippen molar-refractivity contribution in [3.63, 3.8) is 0 Å². The second-order valence-electron chi connectivity index (χ2n) is 11.0. The molecular weight excluding hydrogens is 601 g/mol. The summed E-state index contributed by atoms with van der Waals surface area (Å²) in [5, 5.41) is 0. The number of hydrogen-bond acceptors (Lipinski definition) is 6. The van der Waals surface area contributed by atoms with Gasteiger partial charge in [-0.15, -0.1) is 0 Å². The first-order valence-electron chi connectivity index (χ1n) is 15.8. The Hall–Kier alpha value is -3.46. The molecule has 0 saturated heterocycles. The summed E-state index contributed by atoms with van der Waals surface area (Å²) in [5.74, 6) is -0.765. The van der Waals surface area contributed by atoms with Crippen LogP contribution in [-0.4, -0.2) is 30.8 Å². The van der Waals surface area contributed by atoms with E-state index in [-0.39, 0.29) is 12.0 Å². The Morgan fingerprint density at radius 1 is 0.667 bits per heavy atom. The fourth-order valence-electron chi connectivity index (χ4n) is 4.64. The van der Waals surface area contributed by atoms with Gasteiger partial charge in [-0.25, -0.2) is 9.59 Å². The molecule has 0 aliphatic carbocycles. The maximum absolute atomic E-state index is 13.4. The van der Waals surface area contributed by atoms with Crippen molar-refractivity contribution in [3.8, 4) is 16.9 Å². The average molecular weight is 645 g/mol. The van der Waals surface area contributed by atoms with Gasteiger partial charge in [0.05, 0.1) is 29.8 Å². The number of carbonyl (C=O) groups excluding carboxylic acids is 2. The van der Waals surface area contributed by atoms with Crippen molar-refractivity contribution in [3.05, 3.63) is 83.9 Å². The molecule has 0 aliphatic heterocycles. The van der Waals surface area contributed by atoms with Gasteiger partial charge >= 0.3 is 18.1 Å². The highest BCUT2D eigenvalue weighted by Gasteiger charge is 2.42. The summed E-state index contributed by atoms with van der Waals surface area (Å²) >= 11 is 0.797.